The number of rotatable bonds is 7. The largest absolute Gasteiger partial charge is 0.354 e. The van der Waals surface area contributed by atoms with E-state index in [2.05, 4.69) is 30.6 Å². The Balaban J connectivity index is 1.41. The van der Waals surface area contributed by atoms with Gasteiger partial charge in [-0.3, -0.25) is 14.3 Å². The van der Waals surface area contributed by atoms with E-state index in [1.165, 1.54) is 0 Å². The SMILES string of the molecule is CNC(C(=O)NCCC(=O)N1CCN(c2ncccn2)CC1)c1cnn(C)c1. The van der Waals surface area contributed by atoms with E-state index >= 15 is 0 Å². The summed E-state index contributed by atoms with van der Waals surface area (Å²) < 4.78 is 1.65. The molecule has 2 aromatic rings. The molecule has 0 radical (unpaired) electrons. The van der Waals surface area contributed by atoms with Crippen molar-refractivity contribution in [3.63, 3.8) is 0 Å². The Hall–Kier alpha value is -3.01. The minimum Gasteiger partial charge on any atom is -0.354 e. The molecular formula is C18H26N8O2. The topological polar surface area (TPSA) is 108 Å². The summed E-state index contributed by atoms with van der Waals surface area (Å²) in [4.78, 5) is 37.2. The van der Waals surface area contributed by atoms with Crippen molar-refractivity contribution in [1.29, 1.82) is 0 Å². The molecule has 0 bridgehead atoms. The Kier molecular flexibility index (Phi) is 6.53. The van der Waals surface area contributed by atoms with E-state index in [4.69, 9.17) is 0 Å². The lowest BCUT2D eigenvalue weighted by Crippen LogP contribution is -2.49. The van der Waals surface area contributed by atoms with Crippen molar-refractivity contribution >= 4 is 17.8 Å². The van der Waals surface area contributed by atoms with E-state index in [0.717, 1.165) is 5.56 Å². The van der Waals surface area contributed by atoms with Crippen LogP contribution in [0.1, 0.15) is 18.0 Å². The molecule has 2 N–H and O–H groups in total. The highest BCUT2D eigenvalue weighted by Gasteiger charge is 2.23. The fourth-order valence-corrected chi connectivity index (χ4v) is 3.20. The quantitative estimate of drug-likeness (QED) is 0.649. The van der Waals surface area contributed by atoms with Crippen LogP contribution >= 0.6 is 0 Å². The van der Waals surface area contributed by atoms with Crippen molar-refractivity contribution < 1.29 is 9.59 Å². The molecule has 1 atom stereocenters. The van der Waals surface area contributed by atoms with E-state index in [-0.39, 0.29) is 18.2 Å². The van der Waals surface area contributed by atoms with Gasteiger partial charge in [0, 0.05) is 70.3 Å². The third kappa shape index (κ3) is 4.83. The number of anilines is 1. The van der Waals surface area contributed by atoms with Crippen molar-refractivity contribution in [1.82, 2.24) is 35.3 Å². The number of amides is 2. The Morgan fingerprint density at radius 2 is 1.89 bits per heavy atom. The Labute approximate surface area is 163 Å². The smallest absolute Gasteiger partial charge is 0.241 e. The zero-order chi connectivity index (χ0) is 19.9. The maximum Gasteiger partial charge on any atom is 0.241 e. The van der Waals surface area contributed by atoms with Gasteiger partial charge in [0.25, 0.3) is 0 Å². The van der Waals surface area contributed by atoms with Gasteiger partial charge in [0.1, 0.15) is 6.04 Å². The number of piperazine rings is 1. The fourth-order valence-electron chi connectivity index (χ4n) is 3.20. The van der Waals surface area contributed by atoms with Crippen LogP contribution in [0.25, 0.3) is 0 Å². The number of nitrogens with one attached hydrogen (secondary N) is 2. The second-order valence-corrected chi connectivity index (χ2v) is 6.63. The standard InChI is InChI=1S/C18H26N8O2/c1-19-16(14-12-23-24(2)13-14)17(28)20-7-4-15(27)25-8-10-26(11-9-25)18-21-5-3-6-22-18/h3,5-6,12-13,16,19H,4,7-11H2,1-2H3,(H,20,28). The molecule has 3 rings (SSSR count). The predicted molar refractivity (Wildman–Crippen MR) is 103 cm³/mol. The average molecular weight is 386 g/mol. The summed E-state index contributed by atoms with van der Waals surface area (Å²) in [5.41, 5.74) is 0.785. The second kappa shape index (κ2) is 9.27. The van der Waals surface area contributed by atoms with Crippen LogP contribution in [0.15, 0.2) is 30.9 Å². The zero-order valence-corrected chi connectivity index (χ0v) is 16.2. The van der Waals surface area contributed by atoms with Gasteiger partial charge in [0.2, 0.25) is 17.8 Å². The molecule has 0 spiro atoms. The van der Waals surface area contributed by atoms with E-state index in [9.17, 15) is 9.59 Å². The van der Waals surface area contributed by atoms with Gasteiger partial charge in [-0.1, -0.05) is 0 Å². The van der Waals surface area contributed by atoms with E-state index in [0.29, 0.717) is 38.7 Å². The van der Waals surface area contributed by atoms with Crippen LogP contribution in [-0.2, 0) is 16.6 Å². The Morgan fingerprint density at radius 1 is 1.18 bits per heavy atom. The van der Waals surface area contributed by atoms with Crippen LogP contribution in [0.2, 0.25) is 0 Å². The molecule has 0 saturated carbocycles. The van der Waals surface area contributed by atoms with Gasteiger partial charge in [-0.05, 0) is 13.1 Å². The van der Waals surface area contributed by atoms with Crippen LogP contribution in [0.4, 0.5) is 5.95 Å². The molecule has 28 heavy (non-hydrogen) atoms. The second-order valence-electron chi connectivity index (χ2n) is 6.63. The van der Waals surface area contributed by atoms with Gasteiger partial charge in [0.15, 0.2) is 0 Å². The van der Waals surface area contributed by atoms with E-state index in [1.807, 2.05) is 4.90 Å². The normalized spacial score (nSPS) is 15.4. The molecule has 3 heterocycles. The van der Waals surface area contributed by atoms with Gasteiger partial charge >= 0.3 is 0 Å². The van der Waals surface area contributed by atoms with Crippen LogP contribution in [-0.4, -0.2) is 76.2 Å². The molecule has 0 aliphatic carbocycles. The Morgan fingerprint density at radius 3 is 2.50 bits per heavy atom. The molecule has 1 saturated heterocycles. The third-order valence-corrected chi connectivity index (χ3v) is 4.71. The minimum absolute atomic E-state index is 0.0383. The first-order valence-electron chi connectivity index (χ1n) is 9.31. The summed E-state index contributed by atoms with van der Waals surface area (Å²) in [5.74, 6) is 0.557. The van der Waals surface area contributed by atoms with Crippen LogP contribution in [0, 0.1) is 0 Å². The first kappa shape index (κ1) is 19.7. The van der Waals surface area contributed by atoms with Crippen molar-refractivity contribution in [3.05, 3.63) is 36.4 Å². The van der Waals surface area contributed by atoms with Crippen molar-refractivity contribution in [2.45, 2.75) is 12.5 Å². The highest BCUT2D eigenvalue weighted by atomic mass is 16.2. The predicted octanol–water partition coefficient (Wildman–Crippen LogP) is -0.674. The molecule has 10 heteroatoms. The zero-order valence-electron chi connectivity index (χ0n) is 16.2. The number of hydrogen-bond donors (Lipinski definition) is 2. The lowest BCUT2D eigenvalue weighted by molar-refractivity contribution is -0.131. The third-order valence-electron chi connectivity index (χ3n) is 4.71. The number of likely N-dealkylation sites (N-methyl/N-ethyl adjacent to an activating group) is 1. The summed E-state index contributed by atoms with van der Waals surface area (Å²) in [6.07, 6.45) is 7.15. The summed E-state index contributed by atoms with van der Waals surface area (Å²) in [6, 6.07) is 1.29. The lowest BCUT2D eigenvalue weighted by Gasteiger charge is -2.34. The minimum atomic E-state index is -0.488. The lowest BCUT2D eigenvalue weighted by atomic mass is 10.1. The average Bonchev–Trinajstić information content (AvgIpc) is 3.15. The molecule has 1 unspecified atom stereocenters. The number of nitrogens with zero attached hydrogens (tertiary/aromatic N) is 6. The molecule has 10 nitrogen and oxygen atoms in total. The molecule has 1 aliphatic heterocycles. The monoisotopic (exact) mass is 386 g/mol. The van der Waals surface area contributed by atoms with Crippen LogP contribution < -0.4 is 15.5 Å². The van der Waals surface area contributed by atoms with Crippen LogP contribution in [0.5, 0.6) is 0 Å². The summed E-state index contributed by atoms with van der Waals surface area (Å²) in [6.45, 7) is 2.95. The molecule has 1 aliphatic rings. The molecule has 0 aromatic carbocycles. The van der Waals surface area contributed by atoms with Gasteiger partial charge in [-0.2, -0.15) is 5.10 Å². The molecular weight excluding hydrogens is 360 g/mol. The number of aromatic nitrogens is 4. The van der Waals surface area contributed by atoms with Gasteiger partial charge in [-0.25, -0.2) is 9.97 Å². The number of carbonyl (C=O) groups excluding carboxylic acids is 2. The molecule has 150 valence electrons. The number of aryl methyl sites for hydroxylation is 1. The van der Waals surface area contributed by atoms with Gasteiger partial charge in [-0.15, -0.1) is 0 Å². The van der Waals surface area contributed by atoms with Gasteiger partial charge < -0.3 is 20.4 Å². The van der Waals surface area contributed by atoms with E-state index < -0.39 is 6.04 Å². The summed E-state index contributed by atoms with van der Waals surface area (Å²) in [5, 5.41) is 9.89. The maximum absolute atomic E-state index is 12.4. The first-order valence-corrected chi connectivity index (χ1v) is 9.31. The van der Waals surface area contributed by atoms with Crippen molar-refractivity contribution in [2.24, 2.45) is 7.05 Å². The maximum atomic E-state index is 12.4. The van der Waals surface area contributed by atoms with Crippen molar-refractivity contribution in [2.75, 3.05) is 44.7 Å². The number of carbonyl (C=O) groups is 2. The molecule has 2 amide bonds. The van der Waals surface area contributed by atoms with Crippen molar-refractivity contribution in [3.8, 4) is 0 Å². The summed E-state index contributed by atoms with van der Waals surface area (Å²) >= 11 is 0. The highest BCUT2D eigenvalue weighted by Crippen LogP contribution is 2.12. The molecule has 2 aromatic heterocycles. The highest BCUT2D eigenvalue weighted by molar-refractivity contribution is 5.84. The van der Waals surface area contributed by atoms with E-state index in [1.54, 1.807) is 49.6 Å². The number of hydrogen-bond acceptors (Lipinski definition) is 7. The Bertz CT molecular complexity index is 786. The summed E-state index contributed by atoms with van der Waals surface area (Å²) in [7, 11) is 3.52. The van der Waals surface area contributed by atoms with Gasteiger partial charge in [0.05, 0.1) is 6.20 Å². The van der Waals surface area contributed by atoms with Crippen LogP contribution in [0.3, 0.4) is 0 Å². The molecule has 1 fully saturated rings. The fraction of sp³-hybridized carbons (Fsp3) is 0.500. The first-order chi connectivity index (χ1) is 13.6.